The lowest BCUT2D eigenvalue weighted by Gasteiger charge is -2.15. The van der Waals surface area contributed by atoms with Crippen LogP contribution in [0.15, 0.2) is 36.4 Å². The van der Waals surface area contributed by atoms with Crippen molar-refractivity contribution in [3.05, 3.63) is 58.6 Å². The molecule has 0 fully saturated rings. The van der Waals surface area contributed by atoms with Crippen molar-refractivity contribution in [2.45, 2.75) is 25.8 Å². The smallest absolute Gasteiger partial charge is 0.165 e. The van der Waals surface area contributed by atoms with E-state index in [1.54, 1.807) is 18.2 Å². The number of halogens is 3. The van der Waals surface area contributed by atoms with Crippen molar-refractivity contribution in [2.24, 2.45) is 5.73 Å². The molecule has 0 heterocycles. The highest BCUT2D eigenvalue weighted by Gasteiger charge is 2.12. The van der Waals surface area contributed by atoms with E-state index >= 15 is 0 Å². The Kier molecular flexibility index (Phi) is 5.15. The van der Waals surface area contributed by atoms with Gasteiger partial charge in [-0.2, -0.15) is 0 Å². The van der Waals surface area contributed by atoms with Crippen LogP contribution in [0.2, 0.25) is 5.02 Å². The van der Waals surface area contributed by atoms with E-state index in [9.17, 15) is 8.78 Å². The highest BCUT2D eigenvalue weighted by atomic mass is 35.5. The molecule has 2 rings (SSSR count). The lowest BCUT2D eigenvalue weighted by molar-refractivity contribution is 0.430. The van der Waals surface area contributed by atoms with Gasteiger partial charge >= 0.3 is 0 Å². The second-order valence-corrected chi connectivity index (χ2v) is 5.24. The van der Waals surface area contributed by atoms with Gasteiger partial charge in [-0.3, -0.25) is 0 Å². The Hall–Kier alpha value is -1.65. The summed E-state index contributed by atoms with van der Waals surface area (Å²) in [5.41, 5.74) is 6.74. The maximum atomic E-state index is 13.7. The molecule has 0 aliphatic carbocycles. The average Bonchev–Trinajstić information content (AvgIpc) is 2.45. The molecule has 1 atom stereocenters. The summed E-state index contributed by atoms with van der Waals surface area (Å²) in [4.78, 5) is 0. The van der Waals surface area contributed by atoms with E-state index in [4.69, 9.17) is 22.1 Å². The van der Waals surface area contributed by atoms with E-state index < -0.39 is 11.6 Å². The predicted octanol–water partition coefficient (Wildman–Crippen LogP) is 4.69. The van der Waals surface area contributed by atoms with E-state index in [1.807, 2.05) is 6.92 Å². The van der Waals surface area contributed by atoms with Crippen molar-refractivity contribution in [1.29, 1.82) is 0 Å². The Labute approximate surface area is 127 Å². The second kappa shape index (κ2) is 6.87. The van der Waals surface area contributed by atoms with Crippen LogP contribution in [-0.4, -0.2) is 6.04 Å². The van der Waals surface area contributed by atoms with Crippen molar-refractivity contribution in [2.75, 3.05) is 0 Å². The largest absolute Gasteiger partial charge is 0.454 e. The molecule has 2 aromatic rings. The lowest BCUT2D eigenvalue weighted by Crippen LogP contribution is -2.21. The highest BCUT2D eigenvalue weighted by molar-refractivity contribution is 6.30. The molecule has 112 valence electrons. The molecule has 5 heteroatoms. The second-order valence-electron chi connectivity index (χ2n) is 4.80. The van der Waals surface area contributed by atoms with Gasteiger partial charge < -0.3 is 10.5 Å². The molecule has 0 aromatic heterocycles. The molecule has 0 aliphatic heterocycles. The highest BCUT2D eigenvalue weighted by Crippen LogP contribution is 2.31. The summed E-state index contributed by atoms with van der Waals surface area (Å²) < 4.78 is 32.4. The molecule has 0 bridgehead atoms. The molecular weight excluding hydrogens is 296 g/mol. The first-order valence-corrected chi connectivity index (χ1v) is 7.04. The zero-order valence-electron chi connectivity index (χ0n) is 11.6. The lowest BCUT2D eigenvalue weighted by atomic mass is 10.0. The van der Waals surface area contributed by atoms with E-state index in [0.717, 1.165) is 30.2 Å². The third-order valence-corrected chi connectivity index (χ3v) is 3.38. The maximum absolute atomic E-state index is 13.7. The normalized spacial score (nSPS) is 12.2. The van der Waals surface area contributed by atoms with Crippen LogP contribution in [0.25, 0.3) is 0 Å². The van der Waals surface area contributed by atoms with Crippen LogP contribution in [0.5, 0.6) is 11.5 Å². The van der Waals surface area contributed by atoms with Gasteiger partial charge in [-0.15, -0.1) is 0 Å². The molecule has 2 nitrogen and oxygen atoms in total. The van der Waals surface area contributed by atoms with Crippen molar-refractivity contribution < 1.29 is 13.5 Å². The van der Waals surface area contributed by atoms with Gasteiger partial charge in [-0.1, -0.05) is 24.6 Å². The topological polar surface area (TPSA) is 35.2 Å². The first-order valence-electron chi connectivity index (χ1n) is 6.66. The van der Waals surface area contributed by atoms with Crippen LogP contribution in [-0.2, 0) is 6.42 Å². The van der Waals surface area contributed by atoms with E-state index in [1.165, 1.54) is 0 Å². The summed E-state index contributed by atoms with van der Waals surface area (Å²) in [5.74, 6) is -0.998. The van der Waals surface area contributed by atoms with Crippen molar-refractivity contribution >= 4 is 11.6 Å². The molecule has 1 unspecified atom stereocenters. The molecule has 0 radical (unpaired) electrons. The van der Waals surface area contributed by atoms with Gasteiger partial charge in [0.25, 0.3) is 0 Å². The summed E-state index contributed by atoms with van der Waals surface area (Å²) in [6.07, 6.45) is 1.37. The Morgan fingerprint density at radius 1 is 1.14 bits per heavy atom. The third kappa shape index (κ3) is 4.16. The monoisotopic (exact) mass is 311 g/mol. The molecule has 0 saturated carbocycles. The van der Waals surface area contributed by atoms with Crippen molar-refractivity contribution in [3.63, 3.8) is 0 Å². The zero-order valence-corrected chi connectivity index (χ0v) is 12.3. The summed E-state index contributed by atoms with van der Waals surface area (Å²) in [7, 11) is 0. The minimum atomic E-state index is -0.637. The number of benzene rings is 2. The Bertz CT molecular complexity index is 634. The van der Waals surface area contributed by atoms with E-state index in [0.29, 0.717) is 17.2 Å². The molecule has 0 spiro atoms. The fourth-order valence-electron chi connectivity index (χ4n) is 1.89. The van der Waals surface area contributed by atoms with Crippen LogP contribution in [0.4, 0.5) is 8.78 Å². The van der Waals surface area contributed by atoms with E-state index in [-0.39, 0.29) is 11.8 Å². The number of hydrogen-bond donors (Lipinski definition) is 1. The molecule has 0 aliphatic rings. The molecule has 21 heavy (non-hydrogen) atoms. The van der Waals surface area contributed by atoms with Crippen LogP contribution >= 0.6 is 11.6 Å². The van der Waals surface area contributed by atoms with Crippen LogP contribution in [0.3, 0.4) is 0 Å². The van der Waals surface area contributed by atoms with Gasteiger partial charge in [0.1, 0.15) is 11.6 Å². The van der Waals surface area contributed by atoms with E-state index in [2.05, 4.69) is 0 Å². The number of ether oxygens (including phenoxy) is 1. The summed E-state index contributed by atoms with van der Waals surface area (Å²) >= 11 is 5.95. The standard InChI is InChI=1S/C16H16ClF2NO/c1-2-13(20)7-10-3-4-11(17)8-15(10)21-16-9-12(18)5-6-14(16)19/h3-6,8-9,13H,2,7,20H2,1H3. The molecule has 0 amide bonds. The first-order chi connectivity index (χ1) is 9.99. The Balaban J connectivity index is 2.33. The van der Waals surface area contributed by atoms with Crippen molar-refractivity contribution in [3.8, 4) is 11.5 Å². The van der Waals surface area contributed by atoms with Gasteiger partial charge in [0.15, 0.2) is 11.6 Å². The van der Waals surface area contributed by atoms with Gasteiger partial charge in [-0.25, -0.2) is 8.78 Å². The molecular formula is C16H16ClF2NO. The quantitative estimate of drug-likeness (QED) is 0.869. The number of hydrogen-bond acceptors (Lipinski definition) is 2. The molecule has 0 saturated heterocycles. The summed E-state index contributed by atoms with van der Waals surface area (Å²) in [6, 6.07) is 8.09. The minimum Gasteiger partial charge on any atom is -0.454 e. The summed E-state index contributed by atoms with van der Waals surface area (Å²) in [6.45, 7) is 1.98. The Morgan fingerprint density at radius 2 is 1.90 bits per heavy atom. The van der Waals surface area contributed by atoms with Gasteiger partial charge in [-0.05, 0) is 42.7 Å². The average molecular weight is 312 g/mol. The fourth-order valence-corrected chi connectivity index (χ4v) is 2.05. The zero-order chi connectivity index (χ0) is 15.4. The van der Waals surface area contributed by atoms with Crippen LogP contribution in [0, 0.1) is 11.6 Å². The molecule has 2 aromatic carbocycles. The fraction of sp³-hybridized carbons (Fsp3) is 0.250. The van der Waals surface area contributed by atoms with Crippen molar-refractivity contribution in [1.82, 2.24) is 0 Å². The minimum absolute atomic E-state index is 0.0362. The SMILES string of the molecule is CCC(N)Cc1ccc(Cl)cc1Oc1cc(F)ccc1F. The third-order valence-electron chi connectivity index (χ3n) is 3.15. The number of rotatable bonds is 5. The van der Waals surface area contributed by atoms with Gasteiger partial charge in [0.2, 0.25) is 0 Å². The maximum Gasteiger partial charge on any atom is 0.165 e. The summed E-state index contributed by atoms with van der Waals surface area (Å²) in [5, 5.41) is 0.454. The number of nitrogens with two attached hydrogens (primary N) is 1. The van der Waals surface area contributed by atoms with Gasteiger partial charge in [0, 0.05) is 17.1 Å². The first kappa shape index (κ1) is 15.7. The molecule has 2 N–H and O–H groups in total. The van der Waals surface area contributed by atoms with Gasteiger partial charge in [0.05, 0.1) is 0 Å². The van der Waals surface area contributed by atoms with Crippen LogP contribution < -0.4 is 10.5 Å². The predicted molar refractivity (Wildman–Crippen MR) is 79.9 cm³/mol. The van der Waals surface area contributed by atoms with Crippen LogP contribution in [0.1, 0.15) is 18.9 Å². The Morgan fingerprint density at radius 3 is 2.62 bits per heavy atom.